The zero-order chi connectivity index (χ0) is 57.0. The number of nitrogens with zero attached hydrogens (tertiary/aromatic N) is 4. The van der Waals surface area contributed by atoms with E-state index in [4.69, 9.17) is 38.4 Å². The number of hydrogen-bond donors (Lipinski definition) is 8. The van der Waals surface area contributed by atoms with Crippen molar-refractivity contribution >= 4 is 92.2 Å². The highest BCUT2D eigenvalue weighted by Crippen LogP contribution is 2.23. The predicted molar refractivity (Wildman–Crippen MR) is 288 cm³/mol. The second-order valence-corrected chi connectivity index (χ2v) is 18.6. The highest BCUT2D eigenvalue weighted by atomic mass is 35.5. The molecule has 0 radical (unpaired) electrons. The normalized spacial score (nSPS) is 13.0. The van der Waals surface area contributed by atoms with E-state index in [0.717, 1.165) is 30.9 Å². The molecule has 3 heterocycles. The molecule has 26 heteroatoms. The first-order valence-corrected chi connectivity index (χ1v) is 25.5. The number of anilines is 2. The van der Waals surface area contributed by atoms with Crippen molar-refractivity contribution in [1.29, 1.82) is 0 Å². The maximum absolute atomic E-state index is 13.9. The summed E-state index contributed by atoms with van der Waals surface area (Å²) in [4.78, 5) is 83.8. The van der Waals surface area contributed by atoms with Crippen LogP contribution in [-0.2, 0) is 41.7 Å². The van der Waals surface area contributed by atoms with Crippen molar-refractivity contribution < 1.29 is 55.8 Å². The number of nitrogens with two attached hydrogens (primary N) is 1. The molecule has 1 fully saturated rings. The van der Waals surface area contributed by atoms with E-state index in [1.807, 2.05) is 0 Å². The van der Waals surface area contributed by atoms with Gasteiger partial charge < -0.3 is 31.2 Å². The molecule has 9 N–H and O–H groups in total. The molecular formula is C53H58Cl2F4N12O8. The van der Waals surface area contributed by atoms with Gasteiger partial charge in [-0.1, -0.05) is 47.5 Å². The molecule has 1 aliphatic heterocycles. The van der Waals surface area contributed by atoms with Crippen molar-refractivity contribution in [3.05, 3.63) is 142 Å². The number of fused-ring (bicyclic) bond motifs is 2. The van der Waals surface area contributed by atoms with Gasteiger partial charge in [0.1, 0.15) is 48.1 Å². The minimum Gasteiger partial charge on any atom is -0.447 e. The van der Waals surface area contributed by atoms with Crippen molar-refractivity contribution in [2.45, 2.75) is 70.7 Å². The third kappa shape index (κ3) is 18.7. The SMILES string of the molecule is CC(=O)N(NCc1cccc(F)c1Cl)C(COC(=O)Nc1cc2cc(F)ccc2cn1)CC(=O)NC1CCNCC1.CC(=O)N(NCc1cccc(F)c1Cl)[C@H](COC(=O)Nc1cc2cc(F)ccc2cn1)CC(=O)NCCN. The molecule has 6 aromatic rings. The van der Waals surface area contributed by atoms with Crippen LogP contribution in [0, 0.1) is 23.3 Å². The summed E-state index contributed by atoms with van der Waals surface area (Å²) < 4.78 is 65.6. The number of halogens is 6. The van der Waals surface area contributed by atoms with Gasteiger partial charge in [-0.2, -0.15) is 0 Å². The number of rotatable bonds is 21. The zero-order valence-electron chi connectivity index (χ0n) is 42.9. The van der Waals surface area contributed by atoms with Crippen molar-refractivity contribution in [2.24, 2.45) is 5.73 Å². The highest BCUT2D eigenvalue weighted by molar-refractivity contribution is 6.31. The van der Waals surface area contributed by atoms with Crippen LogP contribution < -0.4 is 43.2 Å². The molecule has 0 aliphatic carbocycles. The summed E-state index contributed by atoms with van der Waals surface area (Å²) >= 11 is 12.1. The highest BCUT2D eigenvalue weighted by Gasteiger charge is 2.29. The van der Waals surface area contributed by atoms with Gasteiger partial charge in [0, 0.05) is 69.2 Å². The molecule has 4 aromatic carbocycles. The van der Waals surface area contributed by atoms with E-state index in [-0.39, 0.29) is 85.9 Å². The standard InChI is InChI=1S/C28H31ClF2N6O4.C25H27ClF2N6O4/c1-17(38)37(34-15-19-3-2-4-24(31)27(19)29)23(13-26(39)35-22-7-9-32-10-8-22)16-41-28(40)36-25-12-20-11-21(30)6-5-18(20)14-33-25;1-15(35)34(32-13-17-3-2-4-21(28)24(17)26)20(11-23(36)30-8-7-29)14-38-25(37)33-22-10-18-9-19(27)6-5-16(18)12-31-22/h2-6,11-12,14,22-23,32,34H,7-10,13,15-16H2,1H3,(H,35,39)(H,33,36,40);2-6,9-10,12,20,32H,7-8,11,13-14,29H2,1H3,(H,30,36)(H,31,33,37)/t;20-/m.0/s1. The van der Waals surface area contributed by atoms with Crippen molar-refractivity contribution in [3.63, 3.8) is 0 Å². The van der Waals surface area contributed by atoms with Gasteiger partial charge in [0.2, 0.25) is 23.6 Å². The first kappa shape index (κ1) is 60.5. The van der Waals surface area contributed by atoms with Gasteiger partial charge in [-0.3, -0.25) is 39.8 Å². The first-order chi connectivity index (χ1) is 37.9. The average molecular weight is 1140 g/mol. The summed E-state index contributed by atoms with van der Waals surface area (Å²) in [5.41, 5.74) is 11.9. The number of aromatic nitrogens is 2. The van der Waals surface area contributed by atoms with Crippen molar-refractivity contribution in [1.82, 2.24) is 46.8 Å². The second-order valence-electron chi connectivity index (χ2n) is 17.9. The molecule has 0 spiro atoms. The van der Waals surface area contributed by atoms with Gasteiger partial charge >= 0.3 is 12.2 Å². The van der Waals surface area contributed by atoms with Crippen LogP contribution in [0.5, 0.6) is 0 Å². The van der Waals surface area contributed by atoms with Crippen LogP contribution in [0.4, 0.5) is 38.8 Å². The van der Waals surface area contributed by atoms with Crippen LogP contribution >= 0.6 is 23.2 Å². The number of carbonyl (C=O) groups is 6. The van der Waals surface area contributed by atoms with E-state index in [1.54, 1.807) is 24.3 Å². The van der Waals surface area contributed by atoms with E-state index < -0.39 is 65.3 Å². The lowest BCUT2D eigenvalue weighted by molar-refractivity contribution is -0.139. The molecule has 1 saturated heterocycles. The lowest BCUT2D eigenvalue weighted by atomic mass is 10.1. The Bertz CT molecular complexity index is 3130. The molecule has 2 atom stereocenters. The summed E-state index contributed by atoms with van der Waals surface area (Å²) in [7, 11) is 0. The van der Waals surface area contributed by atoms with Crippen LogP contribution in [0.3, 0.4) is 0 Å². The Labute approximate surface area is 461 Å². The Hall–Kier alpha value is -7.74. The summed E-state index contributed by atoms with van der Waals surface area (Å²) in [6.45, 7) is 3.74. The summed E-state index contributed by atoms with van der Waals surface area (Å²) in [5, 5.41) is 18.2. The summed E-state index contributed by atoms with van der Waals surface area (Å²) in [6, 6.07) is 18.0. The minimum absolute atomic E-state index is 0.0118. The number of nitrogens with one attached hydrogen (secondary N) is 7. The van der Waals surface area contributed by atoms with Crippen LogP contribution in [0.1, 0.15) is 50.7 Å². The molecule has 1 aliphatic rings. The summed E-state index contributed by atoms with van der Waals surface area (Å²) in [6.07, 6.45) is 2.30. The van der Waals surface area contributed by atoms with Gasteiger partial charge in [0.25, 0.3) is 0 Å². The van der Waals surface area contributed by atoms with E-state index in [1.165, 1.54) is 91.9 Å². The number of amides is 6. The van der Waals surface area contributed by atoms with Gasteiger partial charge in [-0.25, -0.2) is 48.0 Å². The minimum atomic E-state index is -0.943. The lowest BCUT2D eigenvalue weighted by Gasteiger charge is -2.32. The molecule has 7 rings (SSSR count). The number of hydrogen-bond acceptors (Lipinski definition) is 14. The van der Waals surface area contributed by atoms with Crippen LogP contribution in [0.15, 0.2) is 97.3 Å². The maximum Gasteiger partial charge on any atom is 0.412 e. The number of hydrazine groups is 2. The molecule has 79 heavy (non-hydrogen) atoms. The fourth-order valence-corrected chi connectivity index (χ4v) is 8.49. The smallest absolute Gasteiger partial charge is 0.412 e. The topological polar surface area (TPSA) is 263 Å². The largest absolute Gasteiger partial charge is 0.447 e. The third-order valence-corrected chi connectivity index (χ3v) is 12.9. The van der Waals surface area contributed by atoms with Gasteiger partial charge in [-0.05, 0) is 108 Å². The van der Waals surface area contributed by atoms with Gasteiger partial charge in [0.05, 0.1) is 35.0 Å². The maximum atomic E-state index is 13.9. The van der Waals surface area contributed by atoms with E-state index >= 15 is 0 Å². The van der Waals surface area contributed by atoms with Crippen molar-refractivity contribution in [2.75, 3.05) is 50.0 Å². The fourth-order valence-electron chi connectivity index (χ4n) is 8.11. The van der Waals surface area contributed by atoms with Crippen LogP contribution in [0.2, 0.25) is 10.0 Å². The number of pyridine rings is 2. The third-order valence-electron chi connectivity index (χ3n) is 12.0. The first-order valence-electron chi connectivity index (χ1n) is 24.7. The second kappa shape index (κ2) is 29.8. The Balaban J connectivity index is 0.000000256. The molecule has 420 valence electrons. The quantitative estimate of drug-likeness (QED) is 0.0267. The predicted octanol–water partition coefficient (Wildman–Crippen LogP) is 7.00. The molecule has 2 aromatic heterocycles. The number of benzene rings is 4. The number of ether oxygens (including phenoxy) is 2. The van der Waals surface area contributed by atoms with Crippen LogP contribution in [-0.4, -0.2) is 113 Å². The molecule has 6 amide bonds. The number of piperidine rings is 1. The van der Waals surface area contributed by atoms with E-state index in [9.17, 15) is 46.3 Å². The summed E-state index contributed by atoms with van der Waals surface area (Å²) in [5.74, 6) is -3.55. The average Bonchev–Trinajstić information content (AvgIpc) is 3.42. The van der Waals surface area contributed by atoms with Gasteiger partial charge in [0.15, 0.2) is 0 Å². The Morgan fingerprint density at radius 3 is 1.56 bits per heavy atom. The zero-order valence-corrected chi connectivity index (χ0v) is 44.4. The molecule has 0 bridgehead atoms. The Morgan fingerprint density at radius 2 is 1.11 bits per heavy atom. The lowest BCUT2D eigenvalue weighted by Crippen LogP contribution is -2.53. The monoisotopic (exact) mass is 1140 g/mol. The number of carbonyl (C=O) groups excluding carboxylic acids is 6. The molecule has 0 saturated carbocycles. The van der Waals surface area contributed by atoms with Crippen LogP contribution in [0.25, 0.3) is 21.5 Å². The van der Waals surface area contributed by atoms with Gasteiger partial charge in [-0.15, -0.1) is 0 Å². The fraction of sp³-hybridized carbons (Fsp3) is 0.321. The molecular weight excluding hydrogens is 1080 g/mol. The molecule has 1 unspecified atom stereocenters. The van der Waals surface area contributed by atoms with Crippen molar-refractivity contribution in [3.8, 4) is 0 Å². The van der Waals surface area contributed by atoms with E-state index in [0.29, 0.717) is 32.7 Å². The molecule has 20 nitrogen and oxygen atoms in total. The van der Waals surface area contributed by atoms with E-state index in [2.05, 4.69) is 47.4 Å². The Morgan fingerprint density at radius 1 is 0.658 bits per heavy atom. The Kier molecular flexibility index (Phi) is 22.9.